The van der Waals surface area contributed by atoms with Gasteiger partial charge < -0.3 is 23.7 Å². The van der Waals surface area contributed by atoms with Gasteiger partial charge in [-0.15, -0.1) is 0 Å². The second-order valence-electron chi connectivity index (χ2n) is 15.2. The summed E-state index contributed by atoms with van der Waals surface area (Å²) in [4.78, 5) is 28.0. The second kappa shape index (κ2) is 12.1. The van der Waals surface area contributed by atoms with Crippen molar-refractivity contribution < 1.29 is 32.8 Å². The lowest BCUT2D eigenvalue weighted by atomic mass is 9.74. The molecule has 3 aromatic carbocycles. The van der Waals surface area contributed by atoms with Gasteiger partial charge in [0.25, 0.3) is 5.91 Å². The highest BCUT2D eigenvalue weighted by molar-refractivity contribution is 6.62. The zero-order valence-electron chi connectivity index (χ0n) is 28.6. The zero-order valence-corrected chi connectivity index (χ0v) is 28.6. The molecule has 0 aliphatic carbocycles. The minimum absolute atomic E-state index is 0.0276. The van der Waals surface area contributed by atoms with Crippen molar-refractivity contribution in [1.82, 2.24) is 4.90 Å². The van der Waals surface area contributed by atoms with Gasteiger partial charge in [-0.25, -0.2) is 4.39 Å². The molecule has 0 saturated carbocycles. The molecule has 47 heavy (non-hydrogen) atoms. The average Bonchev–Trinajstić information content (AvgIpc) is 3.46. The maximum atomic E-state index is 15.0. The first kappa shape index (κ1) is 33.2. The number of fused-ring (bicyclic) bond motifs is 2. The summed E-state index contributed by atoms with van der Waals surface area (Å²) >= 11 is 0. The van der Waals surface area contributed by atoms with Crippen LogP contribution in [0.1, 0.15) is 89.2 Å². The maximum absolute atomic E-state index is 15.0. The van der Waals surface area contributed by atoms with Gasteiger partial charge in [0, 0.05) is 41.5 Å². The summed E-state index contributed by atoms with van der Waals surface area (Å²) in [5.41, 5.74) is 2.95. The van der Waals surface area contributed by atoms with E-state index in [2.05, 4.69) is 6.07 Å². The monoisotopic (exact) mass is 641 g/mol. The lowest BCUT2D eigenvalue weighted by molar-refractivity contribution is -0.154. The fourth-order valence-corrected chi connectivity index (χ4v) is 6.65. The molecule has 248 valence electrons. The number of halogens is 1. The van der Waals surface area contributed by atoms with Crippen molar-refractivity contribution in [1.29, 1.82) is 0 Å². The van der Waals surface area contributed by atoms with E-state index in [1.54, 1.807) is 12.1 Å². The van der Waals surface area contributed by atoms with Gasteiger partial charge in [0.1, 0.15) is 17.2 Å². The van der Waals surface area contributed by atoms with Gasteiger partial charge >= 0.3 is 13.1 Å². The van der Waals surface area contributed by atoms with Crippen molar-refractivity contribution in [2.24, 2.45) is 0 Å². The number of amides is 1. The van der Waals surface area contributed by atoms with Gasteiger partial charge in [-0.3, -0.25) is 9.59 Å². The Hall–Kier alpha value is -3.69. The van der Waals surface area contributed by atoms with E-state index in [9.17, 15) is 9.59 Å². The summed E-state index contributed by atoms with van der Waals surface area (Å²) in [6.07, 6.45) is 2.50. The highest BCUT2D eigenvalue weighted by Crippen LogP contribution is 2.46. The minimum atomic E-state index is -0.823. The summed E-state index contributed by atoms with van der Waals surface area (Å²) in [6, 6.07) is 18.6. The Morgan fingerprint density at radius 3 is 2.28 bits per heavy atom. The SMILES string of the molecule is CC(C)(C)OC(=O)CCc1ccc2c(c1)C1(CCN(C(=O)c3cccc(-c4ccc(F)c(B5OC(C)(C)C(C)(C)O5)c4)c3)CC1)CO2. The fraction of sp³-hybridized carbons (Fsp3) is 0.474. The number of rotatable bonds is 6. The van der Waals surface area contributed by atoms with Crippen molar-refractivity contribution in [3.05, 3.63) is 83.2 Å². The molecule has 3 aliphatic heterocycles. The molecule has 1 spiro atoms. The number of carbonyl (C=O) groups excluding carboxylic acids is 2. The van der Waals surface area contributed by atoms with Crippen LogP contribution in [0.15, 0.2) is 60.7 Å². The predicted molar refractivity (Wildman–Crippen MR) is 180 cm³/mol. The molecule has 6 rings (SSSR count). The first-order valence-corrected chi connectivity index (χ1v) is 16.6. The van der Waals surface area contributed by atoms with Crippen LogP contribution in [-0.2, 0) is 30.7 Å². The van der Waals surface area contributed by atoms with Gasteiger partial charge in [0.2, 0.25) is 0 Å². The van der Waals surface area contributed by atoms with Crippen LogP contribution in [0.25, 0.3) is 11.1 Å². The largest absolute Gasteiger partial charge is 0.497 e. The molecule has 2 fully saturated rings. The summed E-state index contributed by atoms with van der Waals surface area (Å²) in [6.45, 7) is 15.2. The Labute approximate surface area is 277 Å². The smallest absolute Gasteiger partial charge is 0.492 e. The van der Waals surface area contributed by atoms with Crippen LogP contribution >= 0.6 is 0 Å². The number of piperidine rings is 1. The first-order chi connectivity index (χ1) is 22.1. The van der Waals surface area contributed by atoms with Gasteiger partial charge in [-0.1, -0.05) is 36.4 Å². The van der Waals surface area contributed by atoms with Gasteiger partial charge in [0.15, 0.2) is 0 Å². The quantitative estimate of drug-likeness (QED) is 0.222. The number of aryl methyl sites for hydroxylation is 1. The minimum Gasteiger partial charge on any atom is -0.492 e. The second-order valence-corrected chi connectivity index (χ2v) is 15.2. The van der Waals surface area contributed by atoms with Crippen molar-refractivity contribution in [2.45, 2.75) is 96.4 Å². The average molecular weight is 642 g/mol. The number of nitrogens with zero attached hydrogens (tertiary/aromatic N) is 1. The molecule has 9 heteroatoms. The fourth-order valence-electron chi connectivity index (χ4n) is 6.65. The third-order valence-corrected chi connectivity index (χ3v) is 10.1. The van der Waals surface area contributed by atoms with E-state index in [0.29, 0.717) is 43.6 Å². The molecule has 3 heterocycles. The van der Waals surface area contributed by atoms with E-state index in [4.69, 9.17) is 18.8 Å². The number of likely N-dealkylation sites (tertiary alicyclic amines) is 1. The van der Waals surface area contributed by atoms with E-state index < -0.39 is 29.7 Å². The summed E-state index contributed by atoms with van der Waals surface area (Å²) in [7, 11) is -0.823. The van der Waals surface area contributed by atoms with Crippen molar-refractivity contribution in [2.75, 3.05) is 19.7 Å². The van der Waals surface area contributed by atoms with E-state index in [-0.39, 0.29) is 17.3 Å². The van der Waals surface area contributed by atoms with Crippen LogP contribution in [0, 0.1) is 5.82 Å². The van der Waals surface area contributed by atoms with Gasteiger partial charge in [-0.2, -0.15) is 0 Å². The molecule has 0 N–H and O–H groups in total. The number of hydrogen-bond donors (Lipinski definition) is 0. The van der Waals surface area contributed by atoms with Gasteiger partial charge in [-0.05, 0) is 109 Å². The lowest BCUT2D eigenvalue weighted by Crippen LogP contribution is -2.46. The molecule has 0 unspecified atom stereocenters. The maximum Gasteiger partial charge on any atom is 0.497 e. The predicted octanol–water partition coefficient (Wildman–Crippen LogP) is 6.63. The van der Waals surface area contributed by atoms with Crippen LogP contribution in [0.3, 0.4) is 0 Å². The molecular formula is C38H45BFNO6. The summed E-state index contributed by atoms with van der Waals surface area (Å²) in [5, 5.41) is 0. The molecule has 7 nitrogen and oxygen atoms in total. The normalized spacial score (nSPS) is 19.4. The van der Waals surface area contributed by atoms with Crippen LogP contribution in [-0.4, -0.2) is 60.4 Å². The number of hydrogen-bond acceptors (Lipinski definition) is 6. The lowest BCUT2D eigenvalue weighted by Gasteiger charge is -2.38. The Bertz CT molecular complexity index is 1670. The highest BCUT2D eigenvalue weighted by Gasteiger charge is 2.52. The van der Waals surface area contributed by atoms with Crippen LogP contribution in [0.2, 0.25) is 0 Å². The van der Waals surface area contributed by atoms with E-state index in [1.807, 2.05) is 89.8 Å². The number of ether oxygens (including phenoxy) is 2. The standard InChI is InChI=1S/C38H45BFNO6/c1-35(2,3)45-33(42)16-12-25-11-15-32-29(21-25)38(24-44-32)17-19-41(20-18-38)34(43)28-10-8-9-26(22-28)27-13-14-31(40)30(23-27)39-46-36(4,5)37(6,7)47-39/h8-11,13-15,21-23H,12,16-20,24H2,1-7H3. The molecular weight excluding hydrogens is 596 g/mol. The Morgan fingerprint density at radius 1 is 0.915 bits per heavy atom. The Kier molecular flexibility index (Phi) is 8.54. The molecule has 0 bridgehead atoms. The van der Waals surface area contributed by atoms with Crippen LogP contribution < -0.4 is 10.2 Å². The van der Waals surface area contributed by atoms with Gasteiger partial charge in [0.05, 0.1) is 17.8 Å². The number of carbonyl (C=O) groups is 2. The molecule has 0 radical (unpaired) electrons. The van der Waals surface area contributed by atoms with E-state index in [0.717, 1.165) is 35.3 Å². The molecule has 3 aromatic rings. The number of esters is 1. The Balaban J connectivity index is 1.13. The Morgan fingerprint density at radius 2 is 1.60 bits per heavy atom. The summed E-state index contributed by atoms with van der Waals surface area (Å²) in [5.74, 6) is 0.261. The topological polar surface area (TPSA) is 74.3 Å². The molecule has 0 aromatic heterocycles. The number of benzene rings is 3. The molecule has 3 aliphatic rings. The van der Waals surface area contributed by atoms with Crippen molar-refractivity contribution in [3.8, 4) is 16.9 Å². The highest BCUT2D eigenvalue weighted by atomic mass is 19.1. The molecule has 0 atom stereocenters. The van der Waals surface area contributed by atoms with Crippen molar-refractivity contribution in [3.63, 3.8) is 0 Å². The first-order valence-electron chi connectivity index (χ1n) is 16.6. The third kappa shape index (κ3) is 6.70. The summed E-state index contributed by atoms with van der Waals surface area (Å²) < 4.78 is 38.8. The van der Waals surface area contributed by atoms with Crippen LogP contribution in [0.5, 0.6) is 5.75 Å². The zero-order chi connectivity index (χ0) is 33.8. The molecule has 2 saturated heterocycles. The van der Waals surface area contributed by atoms with E-state index in [1.165, 1.54) is 11.6 Å². The third-order valence-electron chi connectivity index (χ3n) is 10.1. The van der Waals surface area contributed by atoms with Crippen molar-refractivity contribution >= 4 is 24.5 Å². The van der Waals surface area contributed by atoms with E-state index >= 15 is 4.39 Å². The molecule has 1 amide bonds. The van der Waals surface area contributed by atoms with Crippen LogP contribution in [0.4, 0.5) is 4.39 Å².